The molecule has 2 N–H and O–H groups in total. The molecule has 0 aromatic heterocycles. The molecule has 1 fully saturated rings. The number of hydrogen-bond acceptors (Lipinski definition) is 3. The Bertz CT molecular complexity index is 701. The van der Waals surface area contributed by atoms with Crippen molar-refractivity contribution in [2.24, 2.45) is 5.92 Å². The molecule has 2 aromatic rings. The van der Waals surface area contributed by atoms with E-state index in [1.807, 2.05) is 42.5 Å². The summed E-state index contributed by atoms with van der Waals surface area (Å²) in [6.45, 7) is 3.13. The van der Waals surface area contributed by atoms with Crippen molar-refractivity contribution in [1.82, 2.24) is 10.6 Å². The summed E-state index contributed by atoms with van der Waals surface area (Å²) in [6, 6.07) is 14.8. The van der Waals surface area contributed by atoms with Gasteiger partial charge in [-0.3, -0.25) is 4.79 Å². The number of benzene rings is 2. The topological polar surface area (TPSA) is 50.4 Å². The number of ether oxygens (including phenoxy) is 1. The molecule has 140 valence electrons. The first-order valence-electron chi connectivity index (χ1n) is 8.67. The maximum atomic E-state index is 12.5. The van der Waals surface area contributed by atoms with E-state index in [4.69, 9.17) is 16.3 Å². The van der Waals surface area contributed by atoms with Crippen LogP contribution in [0.3, 0.4) is 0 Å². The third-order valence-electron chi connectivity index (χ3n) is 4.39. The molecule has 1 unspecified atom stereocenters. The molecule has 3 rings (SSSR count). The number of hydrogen-bond donors (Lipinski definition) is 2. The minimum Gasteiger partial charge on any atom is -0.488 e. The number of halogens is 2. The van der Waals surface area contributed by atoms with Crippen LogP contribution in [-0.2, 0) is 6.61 Å². The third-order valence-corrected chi connectivity index (χ3v) is 4.64. The average Bonchev–Trinajstić information content (AvgIpc) is 2.67. The van der Waals surface area contributed by atoms with E-state index in [1.54, 1.807) is 6.07 Å². The summed E-state index contributed by atoms with van der Waals surface area (Å²) in [5, 5.41) is 7.10. The van der Waals surface area contributed by atoms with E-state index in [2.05, 4.69) is 10.6 Å². The zero-order chi connectivity index (χ0) is 17.5. The van der Waals surface area contributed by atoms with E-state index in [-0.39, 0.29) is 18.3 Å². The van der Waals surface area contributed by atoms with Gasteiger partial charge in [-0.2, -0.15) is 0 Å². The van der Waals surface area contributed by atoms with Crippen LogP contribution in [-0.4, -0.2) is 25.5 Å². The summed E-state index contributed by atoms with van der Waals surface area (Å²) < 4.78 is 5.86. The van der Waals surface area contributed by atoms with Crippen LogP contribution in [0.25, 0.3) is 0 Å². The predicted molar refractivity (Wildman–Crippen MR) is 107 cm³/mol. The van der Waals surface area contributed by atoms with Gasteiger partial charge in [0.1, 0.15) is 12.4 Å². The Hall–Kier alpha value is -1.75. The molecule has 0 saturated carbocycles. The van der Waals surface area contributed by atoms with Crippen molar-refractivity contribution < 1.29 is 9.53 Å². The lowest BCUT2D eigenvalue weighted by Crippen LogP contribution is -2.38. The predicted octanol–water partition coefficient (Wildman–Crippen LogP) is 4.07. The zero-order valence-corrected chi connectivity index (χ0v) is 16.1. The summed E-state index contributed by atoms with van der Waals surface area (Å²) in [5.74, 6) is 1.01. The summed E-state index contributed by atoms with van der Waals surface area (Å²) in [6.07, 6.45) is 2.32. The van der Waals surface area contributed by atoms with Crippen LogP contribution in [0.15, 0.2) is 48.5 Å². The fourth-order valence-corrected chi connectivity index (χ4v) is 3.08. The molecule has 1 saturated heterocycles. The van der Waals surface area contributed by atoms with Crippen LogP contribution in [0, 0.1) is 5.92 Å². The smallest absolute Gasteiger partial charge is 0.255 e. The first-order valence-corrected chi connectivity index (χ1v) is 9.05. The molecule has 1 aliphatic rings. The highest BCUT2D eigenvalue weighted by molar-refractivity contribution is 6.30. The molecule has 1 aliphatic heterocycles. The summed E-state index contributed by atoms with van der Waals surface area (Å²) in [7, 11) is 0. The van der Waals surface area contributed by atoms with Crippen LogP contribution in [0.2, 0.25) is 5.02 Å². The van der Waals surface area contributed by atoms with Crippen LogP contribution in [0.1, 0.15) is 28.8 Å². The second kappa shape index (κ2) is 10.4. The standard InChI is InChI=1S/C20H23ClN2O2.ClH/c21-17-9-7-15(8-10-17)14-25-19-6-2-1-5-18(19)20(24)23-13-16-4-3-11-22-12-16;/h1-2,5-10,16,22H,3-4,11-14H2,(H,23,24);1H. The monoisotopic (exact) mass is 394 g/mol. The molecule has 6 heteroatoms. The highest BCUT2D eigenvalue weighted by Gasteiger charge is 2.16. The largest absolute Gasteiger partial charge is 0.488 e. The fraction of sp³-hybridized carbons (Fsp3) is 0.350. The van der Waals surface area contributed by atoms with Crippen molar-refractivity contribution in [3.05, 3.63) is 64.7 Å². The number of amides is 1. The number of rotatable bonds is 6. The Morgan fingerprint density at radius 3 is 2.69 bits per heavy atom. The first kappa shape index (κ1) is 20.6. The van der Waals surface area contributed by atoms with E-state index >= 15 is 0 Å². The molecule has 26 heavy (non-hydrogen) atoms. The summed E-state index contributed by atoms with van der Waals surface area (Å²) in [4.78, 5) is 12.5. The van der Waals surface area contributed by atoms with Gasteiger partial charge in [-0.1, -0.05) is 35.9 Å². The lowest BCUT2D eigenvalue weighted by molar-refractivity contribution is 0.0940. The van der Waals surface area contributed by atoms with Crippen molar-refractivity contribution >= 4 is 29.9 Å². The molecule has 4 nitrogen and oxygen atoms in total. The van der Waals surface area contributed by atoms with Gasteiger partial charge in [0, 0.05) is 11.6 Å². The normalized spacial score (nSPS) is 16.4. The van der Waals surface area contributed by atoms with E-state index in [9.17, 15) is 4.79 Å². The lowest BCUT2D eigenvalue weighted by Gasteiger charge is -2.23. The maximum Gasteiger partial charge on any atom is 0.255 e. The van der Waals surface area contributed by atoms with Crippen molar-refractivity contribution in [3.8, 4) is 5.75 Å². The molecule has 0 bridgehead atoms. The Kier molecular flexibility index (Phi) is 8.23. The summed E-state index contributed by atoms with van der Waals surface area (Å²) in [5.41, 5.74) is 1.58. The Morgan fingerprint density at radius 2 is 1.96 bits per heavy atom. The van der Waals surface area contributed by atoms with E-state index < -0.39 is 0 Å². The SMILES string of the molecule is Cl.O=C(NCC1CCCNC1)c1ccccc1OCc1ccc(Cl)cc1. The van der Waals surface area contributed by atoms with Gasteiger partial charge in [-0.15, -0.1) is 12.4 Å². The lowest BCUT2D eigenvalue weighted by atomic mass is 9.99. The van der Waals surface area contributed by atoms with Gasteiger partial charge in [-0.05, 0) is 61.7 Å². The zero-order valence-electron chi connectivity index (χ0n) is 14.5. The molecular weight excluding hydrogens is 371 g/mol. The van der Waals surface area contributed by atoms with Crippen LogP contribution < -0.4 is 15.4 Å². The Labute approximate surface area is 165 Å². The van der Waals surface area contributed by atoms with Crippen molar-refractivity contribution in [3.63, 3.8) is 0 Å². The molecule has 1 heterocycles. The third kappa shape index (κ3) is 5.90. The first-order chi connectivity index (χ1) is 12.2. The molecule has 0 aliphatic carbocycles. The minimum atomic E-state index is -0.0859. The van der Waals surface area contributed by atoms with Crippen molar-refractivity contribution in [2.75, 3.05) is 19.6 Å². The van der Waals surface area contributed by atoms with Crippen molar-refractivity contribution in [1.29, 1.82) is 0 Å². The number of para-hydroxylation sites is 1. The highest BCUT2D eigenvalue weighted by Crippen LogP contribution is 2.20. The second-order valence-corrected chi connectivity index (χ2v) is 6.77. The number of carbonyl (C=O) groups is 1. The summed E-state index contributed by atoms with van der Waals surface area (Å²) >= 11 is 5.90. The van der Waals surface area contributed by atoms with Gasteiger partial charge >= 0.3 is 0 Å². The maximum absolute atomic E-state index is 12.5. The highest BCUT2D eigenvalue weighted by atomic mass is 35.5. The second-order valence-electron chi connectivity index (χ2n) is 6.33. The van der Waals surface area contributed by atoms with Crippen LogP contribution >= 0.6 is 24.0 Å². The fourth-order valence-electron chi connectivity index (χ4n) is 2.95. The van der Waals surface area contributed by atoms with Crippen molar-refractivity contribution in [2.45, 2.75) is 19.4 Å². The molecule has 1 amide bonds. The van der Waals surface area contributed by atoms with Gasteiger partial charge in [0.15, 0.2) is 0 Å². The quantitative estimate of drug-likeness (QED) is 0.775. The van der Waals surface area contributed by atoms with Crippen LogP contribution in [0.4, 0.5) is 0 Å². The van der Waals surface area contributed by atoms with Gasteiger partial charge in [0.2, 0.25) is 0 Å². The molecule has 0 spiro atoms. The Morgan fingerprint density at radius 1 is 1.19 bits per heavy atom. The number of carbonyl (C=O) groups excluding carboxylic acids is 1. The van der Waals surface area contributed by atoms with E-state index in [1.165, 1.54) is 6.42 Å². The van der Waals surface area contributed by atoms with Gasteiger partial charge < -0.3 is 15.4 Å². The van der Waals surface area contributed by atoms with Gasteiger partial charge in [0.05, 0.1) is 5.56 Å². The average molecular weight is 395 g/mol. The van der Waals surface area contributed by atoms with Crippen LogP contribution in [0.5, 0.6) is 5.75 Å². The minimum absolute atomic E-state index is 0. The molecule has 2 aromatic carbocycles. The van der Waals surface area contributed by atoms with E-state index in [0.29, 0.717) is 35.4 Å². The Balaban J connectivity index is 0.00000243. The molecule has 1 atom stereocenters. The van der Waals surface area contributed by atoms with Gasteiger partial charge in [-0.25, -0.2) is 0 Å². The van der Waals surface area contributed by atoms with Gasteiger partial charge in [0.25, 0.3) is 5.91 Å². The number of piperidine rings is 1. The number of nitrogens with one attached hydrogen (secondary N) is 2. The molecular formula is C20H24Cl2N2O2. The molecule has 0 radical (unpaired) electrons. The van der Waals surface area contributed by atoms with E-state index in [0.717, 1.165) is 25.1 Å².